The second kappa shape index (κ2) is 4.44. The third-order valence-electron chi connectivity index (χ3n) is 3.96. The van der Waals surface area contributed by atoms with Crippen molar-refractivity contribution in [2.45, 2.75) is 18.9 Å². The van der Waals surface area contributed by atoms with Crippen LogP contribution in [0.25, 0.3) is 0 Å². The SMILES string of the molecule is O=C(O)NC1C2CCC1CN(c1ncccn1)C2. The Morgan fingerprint density at radius 1 is 1.28 bits per heavy atom. The Morgan fingerprint density at radius 2 is 1.89 bits per heavy atom. The lowest BCUT2D eigenvalue weighted by atomic mass is 9.92. The quantitative estimate of drug-likeness (QED) is 0.815. The van der Waals surface area contributed by atoms with E-state index in [-0.39, 0.29) is 6.04 Å². The standard InChI is InChI=1S/C12H16N4O2/c17-12(18)15-10-8-2-3-9(10)7-16(6-8)11-13-4-1-5-14-11/h1,4-5,8-10,15H,2-3,6-7H2,(H,17,18). The molecule has 1 aliphatic heterocycles. The predicted octanol–water partition coefficient (Wildman–Crippen LogP) is 0.959. The first kappa shape index (κ1) is 11.3. The first-order chi connectivity index (χ1) is 8.74. The van der Waals surface area contributed by atoms with Gasteiger partial charge in [-0.2, -0.15) is 0 Å². The van der Waals surface area contributed by atoms with Gasteiger partial charge in [-0.05, 0) is 30.7 Å². The van der Waals surface area contributed by atoms with E-state index >= 15 is 0 Å². The average molecular weight is 248 g/mol. The summed E-state index contributed by atoms with van der Waals surface area (Å²) in [6.45, 7) is 1.68. The maximum absolute atomic E-state index is 10.8. The molecule has 3 rings (SSSR count). The van der Waals surface area contributed by atoms with Crippen LogP contribution in [0.4, 0.5) is 10.7 Å². The summed E-state index contributed by atoms with van der Waals surface area (Å²) < 4.78 is 0. The Hall–Kier alpha value is -1.85. The van der Waals surface area contributed by atoms with E-state index in [1.165, 1.54) is 0 Å². The van der Waals surface area contributed by atoms with Gasteiger partial charge in [0.2, 0.25) is 5.95 Å². The Labute approximate surface area is 105 Å². The maximum Gasteiger partial charge on any atom is 0.404 e. The molecule has 1 saturated heterocycles. The number of fused-ring (bicyclic) bond motifs is 2. The zero-order valence-electron chi connectivity index (χ0n) is 9.99. The average Bonchev–Trinajstić information content (AvgIpc) is 2.62. The fourth-order valence-corrected chi connectivity index (χ4v) is 3.22. The lowest BCUT2D eigenvalue weighted by Gasteiger charge is -2.37. The van der Waals surface area contributed by atoms with Crippen LogP contribution < -0.4 is 10.2 Å². The van der Waals surface area contributed by atoms with E-state index in [1.54, 1.807) is 18.5 Å². The molecule has 2 heterocycles. The third-order valence-corrected chi connectivity index (χ3v) is 3.96. The summed E-state index contributed by atoms with van der Waals surface area (Å²) in [6, 6.07) is 1.90. The van der Waals surface area contributed by atoms with Crippen molar-refractivity contribution in [2.75, 3.05) is 18.0 Å². The van der Waals surface area contributed by atoms with E-state index in [1.807, 2.05) is 0 Å². The van der Waals surface area contributed by atoms with E-state index in [9.17, 15) is 4.79 Å². The van der Waals surface area contributed by atoms with Gasteiger partial charge in [0.25, 0.3) is 0 Å². The number of hydrogen-bond donors (Lipinski definition) is 2. The lowest BCUT2D eigenvalue weighted by molar-refractivity contribution is 0.178. The molecule has 2 bridgehead atoms. The number of carbonyl (C=O) groups is 1. The Balaban J connectivity index is 1.73. The molecule has 2 fully saturated rings. The van der Waals surface area contributed by atoms with Gasteiger partial charge in [-0.25, -0.2) is 14.8 Å². The van der Waals surface area contributed by atoms with Gasteiger partial charge in [0.05, 0.1) is 0 Å². The summed E-state index contributed by atoms with van der Waals surface area (Å²) >= 11 is 0. The van der Waals surface area contributed by atoms with Crippen molar-refractivity contribution >= 4 is 12.0 Å². The first-order valence-corrected chi connectivity index (χ1v) is 6.25. The molecule has 0 spiro atoms. The highest BCUT2D eigenvalue weighted by Gasteiger charge is 2.43. The molecular formula is C12H16N4O2. The Morgan fingerprint density at radius 3 is 2.44 bits per heavy atom. The summed E-state index contributed by atoms with van der Waals surface area (Å²) in [5.41, 5.74) is 0. The predicted molar refractivity (Wildman–Crippen MR) is 65.4 cm³/mol. The van der Waals surface area contributed by atoms with E-state index in [4.69, 9.17) is 5.11 Å². The fraction of sp³-hybridized carbons (Fsp3) is 0.583. The van der Waals surface area contributed by atoms with Gasteiger partial charge in [-0.3, -0.25) is 0 Å². The molecule has 0 radical (unpaired) electrons. The second-order valence-corrected chi connectivity index (χ2v) is 5.03. The first-order valence-electron chi connectivity index (χ1n) is 6.25. The number of piperidine rings is 1. The number of aromatic nitrogens is 2. The van der Waals surface area contributed by atoms with Crippen molar-refractivity contribution in [3.8, 4) is 0 Å². The molecule has 2 N–H and O–H groups in total. The minimum Gasteiger partial charge on any atom is -0.465 e. The van der Waals surface area contributed by atoms with Crippen LogP contribution in [0.5, 0.6) is 0 Å². The van der Waals surface area contributed by atoms with Crippen LogP contribution in [0.2, 0.25) is 0 Å². The number of hydrogen-bond acceptors (Lipinski definition) is 4. The van der Waals surface area contributed by atoms with Crippen LogP contribution >= 0.6 is 0 Å². The van der Waals surface area contributed by atoms with Crippen molar-refractivity contribution in [1.29, 1.82) is 0 Å². The molecule has 2 atom stereocenters. The molecule has 1 aromatic heterocycles. The van der Waals surface area contributed by atoms with Crippen molar-refractivity contribution in [3.63, 3.8) is 0 Å². The maximum atomic E-state index is 10.8. The van der Waals surface area contributed by atoms with Crippen molar-refractivity contribution < 1.29 is 9.90 Å². The van der Waals surface area contributed by atoms with Crippen molar-refractivity contribution in [3.05, 3.63) is 18.5 Å². The van der Waals surface area contributed by atoms with Crippen LogP contribution in [0.3, 0.4) is 0 Å². The van der Waals surface area contributed by atoms with Crippen LogP contribution in [-0.4, -0.2) is 40.3 Å². The lowest BCUT2D eigenvalue weighted by Crippen LogP contribution is -2.52. The highest BCUT2D eigenvalue weighted by Crippen LogP contribution is 2.37. The number of nitrogens with zero attached hydrogens (tertiary/aromatic N) is 3. The molecule has 1 aliphatic carbocycles. The van der Waals surface area contributed by atoms with Gasteiger partial charge in [0, 0.05) is 31.5 Å². The number of nitrogens with one attached hydrogen (secondary N) is 1. The minimum absolute atomic E-state index is 0.0995. The van der Waals surface area contributed by atoms with Gasteiger partial charge in [0.15, 0.2) is 0 Å². The number of carboxylic acid groups (broad SMARTS) is 1. The zero-order valence-corrected chi connectivity index (χ0v) is 9.99. The van der Waals surface area contributed by atoms with Crippen molar-refractivity contribution in [1.82, 2.24) is 15.3 Å². The molecular weight excluding hydrogens is 232 g/mol. The van der Waals surface area contributed by atoms with Gasteiger partial charge in [-0.15, -0.1) is 0 Å². The second-order valence-electron chi connectivity index (χ2n) is 5.03. The molecule has 18 heavy (non-hydrogen) atoms. The topological polar surface area (TPSA) is 78.4 Å². The van der Waals surface area contributed by atoms with Gasteiger partial charge in [0.1, 0.15) is 0 Å². The molecule has 6 nitrogen and oxygen atoms in total. The number of rotatable bonds is 2. The Bertz CT molecular complexity index is 425. The van der Waals surface area contributed by atoms with E-state index in [0.717, 1.165) is 31.9 Å². The summed E-state index contributed by atoms with van der Waals surface area (Å²) in [5, 5.41) is 11.5. The fourth-order valence-electron chi connectivity index (χ4n) is 3.22. The molecule has 2 aliphatic rings. The van der Waals surface area contributed by atoms with E-state index < -0.39 is 6.09 Å². The molecule has 1 saturated carbocycles. The summed E-state index contributed by atoms with van der Waals surface area (Å²) in [5.74, 6) is 1.51. The third kappa shape index (κ3) is 1.98. The van der Waals surface area contributed by atoms with E-state index in [2.05, 4.69) is 20.2 Å². The summed E-state index contributed by atoms with van der Waals surface area (Å²) in [7, 11) is 0. The normalized spacial score (nSPS) is 30.2. The zero-order chi connectivity index (χ0) is 12.5. The minimum atomic E-state index is -0.915. The molecule has 6 heteroatoms. The van der Waals surface area contributed by atoms with Gasteiger partial charge >= 0.3 is 6.09 Å². The number of anilines is 1. The van der Waals surface area contributed by atoms with Crippen molar-refractivity contribution in [2.24, 2.45) is 11.8 Å². The largest absolute Gasteiger partial charge is 0.465 e. The Kier molecular flexibility index (Phi) is 2.77. The summed E-state index contributed by atoms with van der Waals surface area (Å²) in [4.78, 5) is 21.5. The van der Waals surface area contributed by atoms with Gasteiger partial charge in [-0.1, -0.05) is 0 Å². The smallest absolute Gasteiger partial charge is 0.404 e. The van der Waals surface area contributed by atoms with Crippen LogP contribution in [0, 0.1) is 11.8 Å². The monoisotopic (exact) mass is 248 g/mol. The number of amides is 1. The molecule has 1 aromatic rings. The highest BCUT2D eigenvalue weighted by molar-refractivity contribution is 5.65. The molecule has 96 valence electrons. The highest BCUT2D eigenvalue weighted by atomic mass is 16.4. The molecule has 0 aromatic carbocycles. The van der Waals surface area contributed by atoms with E-state index in [0.29, 0.717) is 11.8 Å². The van der Waals surface area contributed by atoms with Gasteiger partial charge < -0.3 is 15.3 Å². The van der Waals surface area contributed by atoms with Crippen LogP contribution in [0.15, 0.2) is 18.5 Å². The van der Waals surface area contributed by atoms with Crippen LogP contribution in [-0.2, 0) is 0 Å². The molecule has 2 unspecified atom stereocenters. The molecule has 1 amide bonds. The summed E-state index contributed by atoms with van der Waals surface area (Å²) in [6.07, 6.45) is 4.73. The van der Waals surface area contributed by atoms with Crippen LogP contribution in [0.1, 0.15) is 12.8 Å².